The van der Waals surface area contributed by atoms with Crippen LogP contribution < -0.4 is 5.32 Å². The Labute approximate surface area is 87.2 Å². The Balaban J connectivity index is 2.08. The van der Waals surface area contributed by atoms with E-state index in [1.807, 2.05) is 0 Å². The van der Waals surface area contributed by atoms with Gasteiger partial charge < -0.3 is 14.8 Å². The molecule has 1 atom stereocenters. The Morgan fingerprint density at radius 1 is 1.43 bits per heavy atom. The van der Waals surface area contributed by atoms with Crippen LogP contribution in [0.1, 0.15) is 33.6 Å². The molecule has 3 heteroatoms. The van der Waals surface area contributed by atoms with Gasteiger partial charge in [-0.05, 0) is 18.3 Å². The van der Waals surface area contributed by atoms with Gasteiger partial charge >= 0.3 is 0 Å². The molecule has 1 saturated heterocycles. The Morgan fingerprint density at radius 3 is 2.79 bits per heavy atom. The number of nitrogens with one attached hydrogen (secondary N) is 1. The predicted molar refractivity (Wildman–Crippen MR) is 57.3 cm³/mol. The molecule has 0 aromatic carbocycles. The lowest BCUT2D eigenvalue weighted by molar-refractivity contribution is -0.137. The zero-order chi connectivity index (χ0) is 10.4. The summed E-state index contributed by atoms with van der Waals surface area (Å²) >= 11 is 0. The first-order valence-electron chi connectivity index (χ1n) is 5.54. The minimum Gasteiger partial charge on any atom is -0.355 e. The van der Waals surface area contributed by atoms with Crippen molar-refractivity contribution in [3.63, 3.8) is 0 Å². The van der Waals surface area contributed by atoms with Crippen molar-refractivity contribution in [2.24, 2.45) is 5.41 Å². The lowest BCUT2D eigenvalue weighted by Gasteiger charge is -2.27. The second-order valence-corrected chi connectivity index (χ2v) is 4.75. The number of rotatable bonds is 5. The van der Waals surface area contributed by atoms with Crippen LogP contribution in [0.25, 0.3) is 0 Å². The summed E-state index contributed by atoms with van der Waals surface area (Å²) in [5.74, 6) is 0. The molecular weight excluding hydrogens is 178 g/mol. The molecule has 1 rings (SSSR count). The topological polar surface area (TPSA) is 30.5 Å². The van der Waals surface area contributed by atoms with Crippen molar-refractivity contribution in [3.8, 4) is 0 Å². The van der Waals surface area contributed by atoms with Crippen LogP contribution in [0.5, 0.6) is 0 Å². The minimum absolute atomic E-state index is 0.344. The molecule has 0 aliphatic carbocycles. The van der Waals surface area contributed by atoms with Crippen LogP contribution >= 0.6 is 0 Å². The highest BCUT2D eigenvalue weighted by molar-refractivity contribution is 4.71. The molecule has 1 heterocycles. The van der Waals surface area contributed by atoms with Crippen LogP contribution in [0.2, 0.25) is 0 Å². The highest BCUT2D eigenvalue weighted by atomic mass is 16.7. The first-order chi connectivity index (χ1) is 6.64. The van der Waals surface area contributed by atoms with Crippen LogP contribution in [-0.4, -0.2) is 32.6 Å². The molecule has 14 heavy (non-hydrogen) atoms. The molecule has 0 saturated carbocycles. The van der Waals surface area contributed by atoms with E-state index in [4.69, 9.17) is 9.47 Å². The van der Waals surface area contributed by atoms with Gasteiger partial charge in [0.25, 0.3) is 0 Å². The summed E-state index contributed by atoms with van der Waals surface area (Å²) in [6, 6.07) is 0. The largest absolute Gasteiger partial charge is 0.355 e. The molecule has 0 aromatic rings. The van der Waals surface area contributed by atoms with Crippen LogP contribution in [0.3, 0.4) is 0 Å². The minimum atomic E-state index is 0.344. The summed E-state index contributed by atoms with van der Waals surface area (Å²) in [5.41, 5.74) is 0.394. The van der Waals surface area contributed by atoms with E-state index < -0.39 is 0 Å². The maximum atomic E-state index is 5.44. The average Bonchev–Trinajstić information content (AvgIpc) is 2.19. The summed E-state index contributed by atoms with van der Waals surface area (Å²) in [4.78, 5) is 0. The van der Waals surface area contributed by atoms with E-state index in [2.05, 4.69) is 26.1 Å². The zero-order valence-corrected chi connectivity index (χ0v) is 9.64. The molecule has 1 N–H and O–H groups in total. The predicted octanol–water partition coefficient (Wildman–Crippen LogP) is 1.78. The molecule has 0 bridgehead atoms. The highest BCUT2D eigenvalue weighted by Gasteiger charge is 2.17. The van der Waals surface area contributed by atoms with E-state index in [0.717, 1.165) is 26.1 Å². The molecule has 1 aliphatic rings. The van der Waals surface area contributed by atoms with Crippen molar-refractivity contribution in [3.05, 3.63) is 0 Å². The van der Waals surface area contributed by atoms with Crippen molar-refractivity contribution in [2.45, 2.75) is 39.7 Å². The van der Waals surface area contributed by atoms with E-state index in [0.29, 0.717) is 18.3 Å². The normalized spacial score (nSPS) is 23.8. The number of ether oxygens (including phenoxy) is 2. The fourth-order valence-corrected chi connectivity index (χ4v) is 1.36. The fraction of sp³-hybridized carbons (Fsp3) is 1.00. The molecule has 3 nitrogen and oxygen atoms in total. The van der Waals surface area contributed by atoms with E-state index in [-0.39, 0.29) is 0 Å². The molecule has 0 radical (unpaired) electrons. The summed E-state index contributed by atoms with van der Waals surface area (Å²) in [6.45, 7) is 10.1. The Bertz CT molecular complexity index is 153. The van der Waals surface area contributed by atoms with Gasteiger partial charge in [0, 0.05) is 13.1 Å². The molecule has 84 valence electrons. The molecule has 1 unspecified atom stereocenters. The maximum Gasteiger partial charge on any atom is 0.147 e. The maximum absolute atomic E-state index is 5.44. The van der Waals surface area contributed by atoms with Gasteiger partial charge in [0.15, 0.2) is 0 Å². The Hall–Kier alpha value is -0.120. The van der Waals surface area contributed by atoms with Gasteiger partial charge in [-0.15, -0.1) is 0 Å². The summed E-state index contributed by atoms with van der Waals surface area (Å²) in [7, 11) is 0. The third kappa shape index (κ3) is 4.40. The summed E-state index contributed by atoms with van der Waals surface area (Å²) in [5, 5.41) is 3.47. The smallest absolute Gasteiger partial charge is 0.147 e. The first-order valence-corrected chi connectivity index (χ1v) is 5.54. The van der Waals surface area contributed by atoms with Gasteiger partial charge in [0.1, 0.15) is 6.79 Å². The van der Waals surface area contributed by atoms with Crippen molar-refractivity contribution < 1.29 is 9.47 Å². The quantitative estimate of drug-likeness (QED) is 0.735. The van der Waals surface area contributed by atoms with Gasteiger partial charge in [-0.25, -0.2) is 0 Å². The fourth-order valence-electron chi connectivity index (χ4n) is 1.36. The monoisotopic (exact) mass is 201 g/mol. The standard InChI is InChI=1S/C11H23NO2/c1-4-11(2,3)8-12-7-10-5-6-13-9-14-10/h10,12H,4-9H2,1-3H3. The SMILES string of the molecule is CCC(C)(C)CNCC1CCOCO1. The van der Waals surface area contributed by atoms with Crippen LogP contribution in [0.4, 0.5) is 0 Å². The van der Waals surface area contributed by atoms with E-state index in [1.165, 1.54) is 6.42 Å². The van der Waals surface area contributed by atoms with Crippen LogP contribution in [0, 0.1) is 5.41 Å². The lowest BCUT2D eigenvalue weighted by atomic mass is 9.90. The third-order valence-electron chi connectivity index (χ3n) is 2.90. The van der Waals surface area contributed by atoms with Crippen molar-refractivity contribution >= 4 is 0 Å². The molecule has 0 aromatic heterocycles. The van der Waals surface area contributed by atoms with Crippen molar-refractivity contribution in [1.29, 1.82) is 0 Å². The lowest BCUT2D eigenvalue weighted by Crippen LogP contribution is -2.38. The van der Waals surface area contributed by atoms with Gasteiger partial charge in [0.05, 0.1) is 12.7 Å². The molecule has 1 aliphatic heterocycles. The van der Waals surface area contributed by atoms with E-state index in [1.54, 1.807) is 0 Å². The summed E-state index contributed by atoms with van der Waals surface area (Å²) < 4.78 is 10.6. The van der Waals surface area contributed by atoms with Gasteiger partial charge in [0.2, 0.25) is 0 Å². The Morgan fingerprint density at radius 2 is 2.21 bits per heavy atom. The van der Waals surface area contributed by atoms with Crippen molar-refractivity contribution in [2.75, 3.05) is 26.5 Å². The first kappa shape index (κ1) is 12.0. The number of hydrogen-bond donors (Lipinski definition) is 1. The number of hydrogen-bond acceptors (Lipinski definition) is 3. The van der Waals surface area contributed by atoms with Gasteiger partial charge in [-0.2, -0.15) is 0 Å². The second-order valence-electron chi connectivity index (χ2n) is 4.75. The van der Waals surface area contributed by atoms with Gasteiger partial charge in [-0.3, -0.25) is 0 Å². The van der Waals surface area contributed by atoms with Crippen LogP contribution in [0.15, 0.2) is 0 Å². The zero-order valence-electron chi connectivity index (χ0n) is 9.64. The van der Waals surface area contributed by atoms with Crippen molar-refractivity contribution in [1.82, 2.24) is 5.32 Å². The second kappa shape index (κ2) is 5.69. The Kier molecular flexibility index (Phi) is 4.85. The highest BCUT2D eigenvalue weighted by Crippen LogP contribution is 2.17. The average molecular weight is 201 g/mol. The summed E-state index contributed by atoms with van der Waals surface area (Å²) in [6.07, 6.45) is 2.56. The molecule has 0 spiro atoms. The van der Waals surface area contributed by atoms with E-state index >= 15 is 0 Å². The molecule has 1 fully saturated rings. The van der Waals surface area contributed by atoms with E-state index in [9.17, 15) is 0 Å². The van der Waals surface area contributed by atoms with Gasteiger partial charge in [-0.1, -0.05) is 20.8 Å². The molecule has 0 amide bonds. The van der Waals surface area contributed by atoms with Crippen LogP contribution in [-0.2, 0) is 9.47 Å². The third-order valence-corrected chi connectivity index (χ3v) is 2.90. The molecular formula is C11H23NO2.